The summed E-state index contributed by atoms with van der Waals surface area (Å²) in [7, 11) is 0. The third kappa shape index (κ3) is 1.33. The van der Waals surface area contributed by atoms with Crippen LogP contribution in [0, 0.1) is 12.3 Å². The van der Waals surface area contributed by atoms with Gasteiger partial charge in [-0.2, -0.15) is 5.10 Å². The minimum absolute atomic E-state index is 0.487. The maximum Gasteiger partial charge on any atom is 0.0528 e. The van der Waals surface area contributed by atoms with Crippen LogP contribution in [0.4, 0.5) is 0 Å². The lowest BCUT2D eigenvalue weighted by Gasteiger charge is -2.09. The van der Waals surface area contributed by atoms with Gasteiger partial charge in [0, 0.05) is 22.7 Å². The van der Waals surface area contributed by atoms with Crippen LogP contribution < -0.4 is 0 Å². The molecular formula is C14H12N2. The molecule has 0 fully saturated rings. The Hall–Kier alpha value is -2.01. The molecule has 0 aliphatic heterocycles. The van der Waals surface area contributed by atoms with Crippen LogP contribution >= 0.6 is 0 Å². The molecule has 0 spiro atoms. The van der Waals surface area contributed by atoms with Gasteiger partial charge in [0.2, 0.25) is 0 Å². The first kappa shape index (κ1) is 9.23. The lowest BCUT2D eigenvalue weighted by atomic mass is 9.94. The number of H-pyrrole nitrogens is 1. The Labute approximate surface area is 94.7 Å². The first-order chi connectivity index (χ1) is 7.88. The number of aryl methyl sites for hydroxylation is 1. The Morgan fingerprint density at radius 2 is 2.12 bits per heavy atom. The quantitative estimate of drug-likeness (QED) is 0.716. The zero-order valence-corrected chi connectivity index (χ0v) is 8.90. The summed E-state index contributed by atoms with van der Waals surface area (Å²) in [5.41, 5.74) is 4.90. The smallest absolute Gasteiger partial charge is 0.0528 e. The van der Waals surface area contributed by atoms with Gasteiger partial charge in [0.25, 0.3) is 0 Å². The molecule has 1 heterocycles. The molecule has 0 bridgehead atoms. The van der Waals surface area contributed by atoms with Crippen molar-refractivity contribution in [3.63, 3.8) is 0 Å². The summed E-state index contributed by atoms with van der Waals surface area (Å²) < 4.78 is 0. The molecule has 0 saturated heterocycles. The molecular weight excluding hydrogens is 196 g/mol. The van der Waals surface area contributed by atoms with Crippen LogP contribution in [-0.4, -0.2) is 10.2 Å². The second-order valence-electron chi connectivity index (χ2n) is 4.16. The molecule has 1 aromatic heterocycles. The van der Waals surface area contributed by atoms with E-state index in [1.54, 1.807) is 0 Å². The monoisotopic (exact) mass is 208 g/mol. The van der Waals surface area contributed by atoms with E-state index >= 15 is 0 Å². The van der Waals surface area contributed by atoms with E-state index in [0.717, 1.165) is 12.0 Å². The van der Waals surface area contributed by atoms with Crippen molar-refractivity contribution in [2.24, 2.45) is 0 Å². The number of aromatic nitrogens is 2. The molecule has 2 heteroatoms. The van der Waals surface area contributed by atoms with Gasteiger partial charge in [-0.3, -0.25) is 5.10 Å². The van der Waals surface area contributed by atoms with Crippen molar-refractivity contribution < 1.29 is 0 Å². The van der Waals surface area contributed by atoms with Gasteiger partial charge < -0.3 is 0 Å². The molecule has 0 radical (unpaired) electrons. The van der Waals surface area contributed by atoms with Crippen molar-refractivity contribution in [2.75, 3.05) is 0 Å². The molecule has 78 valence electrons. The summed E-state index contributed by atoms with van der Waals surface area (Å²) >= 11 is 0. The summed E-state index contributed by atoms with van der Waals surface area (Å²) in [5, 5.41) is 7.15. The van der Waals surface area contributed by atoms with Crippen LogP contribution in [0.5, 0.6) is 0 Å². The average molecular weight is 208 g/mol. The first-order valence-electron chi connectivity index (χ1n) is 5.47. The molecule has 1 unspecified atom stereocenters. The fourth-order valence-corrected chi connectivity index (χ4v) is 2.42. The van der Waals surface area contributed by atoms with Crippen LogP contribution in [0.3, 0.4) is 0 Å². The highest BCUT2D eigenvalue weighted by Crippen LogP contribution is 2.36. The molecule has 3 rings (SSSR count). The third-order valence-electron chi connectivity index (χ3n) is 3.29. The number of rotatable bonds is 1. The maximum atomic E-state index is 5.35. The van der Waals surface area contributed by atoms with Gasteiger partial charge >= 0.3 is 0 Å². The fourth-order valence-electron chi connectivity index (χ4n) is 2.42. The second kappa shape index (κ2) is 3.53. The van der Waals surface area contributed by atoms with Crippen LogP contribution in [0.25, 0.3) is 0 Å². The van der Waals surface area contributed by atoms with Gasteiger partial charge in [0.1, 0.15) is 0 Å². The predicted octanol–water partition coefficient (Wildman–Crippen LogP) is 2.47. The van der Waals surface area contributed by atoms with Gasteiger partial charge in [-0.05, 0) is 30.5 Å². The zero-order chi connectivity index (χ0) is 11.0. The van der Waals surface area contributed by atoms with Crippen molar-refractivity contribution in [1.82, 2.24) is 10.2 Å². The molecule has 2 nitrogen and oxygen atoms in total. The minimum Gasteiger partial charge on any atom is -0.282 e. The van der Waals surface area contributed by atoms with Crippen LogP contribution in [-0.2, 0) is 6.42 Å². The van der Waals surface area contributed by atoms with E-state index in [1.165, 1.54) is 23.2 Å². The van der Waals surface area contributed by atoms with E-state index in [2.05, 4.69) is 28.3 Å². The number of terminal acetylenes is 1. The SMILES string of the molecule is C#Cc1ccc(C2CCc3[nH]ncc32)cc1. The zero-order valence-electron chi connectivity index (χ0n) is 8.90. The van der Waals surface area contributed by atoms with Crippen molar-refractivity contribution in [3.05, 3.63) is 52.8 Å². The molecule has 1 aromatic carbocycles. The van der Waals surface area contributed by atoms with Crippen LogP contribution in [0.1, 0.15) is 34.7 Å². The number of fused-ring (bicyclic) bond motifs is 1. The Balaban J connectivity index is 1.97. The number of hydrogen-bond donors (Lipinski definition) is 1. The Bertz CT molecular complexity index is 543. The molecule has 1 aliphatic carbocycles. The summed E-state index contributed by atoms with van der Waals surface area (Å²) in [5.74, 6) is 3.13. The number of nitrogens with zero attached hydrogens (tertiary/aromatic N) is 1. The second-order valence-corrected chi connectivity index (χ2v) is 4.16. The molecule has 16 heavy (non-hydrogen) atoms. The molecule has 1 atom stereocenters. The molecule has 1 aliphatic rings. The van der Waals surface area contributed by atoms with E-state index in [9.17, 15) is 0 Å². The standard InChI is InChI=1S/C14H12N2/c1-2-10-3-5-11(6-4-10)12-7-8-14-13(12)9-15-16-14/h1,3-6,9,12H,7-8H2,(H,15,16). The van der Waals surface area contributed by atoms with Crippen LogP contribution in [0.2, 0.25) is 0 Å². The largest absolute Gasteiger partial charge is 0.282 e. The highest BCUT2D eigenvalue weighted by Gasteiger charge is 2.25. The van der Waals surface area contributed by atoms with Crippen molar-refractivity contribution in [2.45, 2.75) is 18.8 Å². The third-order valence-corrected chi connectivity index (χ3v) is 3.29. The average Bonchev–Trinajstić information content (AvgIpc) is 2.91. The van der Waals surface area contributed by atoms with Crippen LogP contribution in [0.15, 0.2) is 30.5 Å². The lowest BCUT2D eigenvalue weighted by Crippen LogP contribution is -1.95. The molecule has 2 aromatic rings. The molecule has 0 saturated carbocycles. The van der Waals surface area contributed by atoms with Gasteiger partial charge in [-0.15, -0.1) is 6.42 Å². The van der Waals surface area contributed by atoms with Gasteiger partial charge in [0.15, 0.2) is 0 Å². The minimum atomic E-state index is 0.487. The summed E-state index contributed by atoms with van der Waals surface area (Å²) in [6.07, 6.45) is 9.55. The number of nitrogens with one attached hydrogen (secondary N) is 1. The van der Waals surface area contributed by atoms with Gasteiger partial charge in [0.05, 0.1) is 6.20 Å². The fraction of sp³-hybridized carbons (Fsp3) is 0.214. The summed E-state index contributed by atoms with van der Waals surface area (Å²) in [6.45, 7) is 0. The highest BCUT2D eigenvalue weighted by molar-refractivity contribution is 5.41. The molecule has 1 N–H and O–H groups in total. The first-order valence-corrected chi connectivity index (χ1v) is 5.47. The van der Waals surface area contributed by atoms with Crippen molar-refractivity contribution >= 4 is 0 Å². The van der Waals surface area contributed by atoms with E-state index in [4.69, 9.17) is 6.42 Å². The van der Waals surface area contributed by atoms with Crippen molar-refractivity contribution in [1.29, 1.82) is 0 Å². The topological polar surface area (TPSA) is 28.7 Å². The Morgan fingerprint density at radius 3 is 2.88 bits per heavy atom. The van der Waals surface area contributed by atoms with E-state index in [0.29, 0.717) is 5.92 Å². The Morgan fingerprint density at radius 1 is 1.31 bits per heavy atom. The highest BCUT2D eigenvalue weighted by atomic mass is 15.1. The number of aromatic amines is 1. The van der Waals surface area contributed by atoms with E-state index < -0.39 is 0 Å². The number of hydrogen-bond acceptors (Lipinski definition) is 1. The number of benzene rings is 1. The maximum absolute atomic E-state index is 5.35. The summed E-state index contributed by atoms with van der Waals surface area (Å²) in [6, 6.07) is 8.27. The summed E-state index contributed by atoms with van der Waals surface area (Å²) in [4.78, 5) is 0. The van der Waals surface area contributed by atoms with E-state index in [1.807, 2.05) is 18.3 Å². The van der Waals surface area contributed by atoms with Crippen molar-refractivity contribution in [3.8, 4) is 12.3 Å². The normalized spacial score (nSPS) is 18.1. The van der Waals surface area contributed by atoms with E-state index in [-0.39, 0.29) is 0 Å². The lowest BCUT2D eigenvalue weighted by molar-refractivity contribution is 0.770. The van der Waals surface area contributed by atoms with Gasteiger partial charge in [-0.1, -0.05) is 18.1 Å². The van der Waals surface area contributed by atoms with Gasteiger partial charge in [-0.25, -0.2) is 0 Å². The predicted molar refractivity (Wildman–Crippen MR) is 63.1 cm³/mol. The Kier molecular flexibility index (Phi) is 2.04. The molecule has 0 amide bonds.